The van der Waals surface area contributed by atoms with E-state index >= 15 is 0 Å². The summed E-state index contributed by atoms with van der Waals surface area (Å²) < 4.78 is 17.8. The number of likely N-dealkylation sites (N-methyl/N-ethyl adjacent to an activating group) is 1. The second kappa shape index (κ2) is 14.4. The number of methoxy groups -OCH3 is 2. The first-order valence-corrected chi connectivity index (χ1v) is 15.7. The Hall–Kier alpha value is -4.96. The maximum absolute atomic E-state index is 14.1. The standard InChI is InChI=1S/C35H38ClN7O5/c1-35(2,42(4)25-19-48-20-25)16-23(17-37)32(44)40-24-9-7-8-21(12-24)10-11-43-31-22(18-39-34(38-3)41-31)13-28(33(43)45)27-14-26(46-5)15-29(47-6)30(27)36/h7-9,12-16,18,25H,10-11,19-20H2,1-6H3,(H,40,44)(H,38,39,41)/b23-16+. The molecule has 2 aromatic heterocycles. The fraction of sp³-hybridized carbons (Fsp3) is 0.343. The van der Waals surface area contributed by atoms with Crippen molar-refractivity contribution < 1.29 is 19.0 Å². The molecule has 5 rings (SSSR count). The van der Waals surface area contributed by atoms with Crippen molar-refractivity contribution in [1.82, 2.24) is 19.4 Å². The highest BCUT2D eigenvalue weighted by atomic mass is 35.5. The van der Waals surface area contributed by atoms with Gasteiger partial charge in [0.15, 0.2) is 0 Å². The summed E-state index contributed by atoms with van der Waals surface area (Å²) in [6.45, 7) is 5.41. The number of aryl methyl sites for hydroxylation is 2. The predicted octanol–water partition coefficient (Wildman–Crippen LogP) is 4.91. The number of ether oxygens (including phenoxy) is 3. The molecule has 1 aliphatic heterocycles. The summed E-state index contributed by atoms with van der Waals surface area (Å²) in [5.74, 6) is 0.718. The minimum absolute atomic E-state index is 0.0141. The van der Waals surface area contributed by atoms with Gasteiger partial charge in [-0.3, -0.25) is 19.1 Å². The third-order valence-corrected chi connectivity index (χ3v) is 8.95. The molecule has 4 aromatic rings. The number of fused-ring (bicyclic) bond motifs is 1. The highest BCUT2D eigenvalue weighted by molar-refractivity contribution is 6.35. The summed E-state index contributed by atoms with van der Waals surface area (Å²) in [6.07, 6.45) is 3.76. The summed E-state index contributed by atoms with van der Waals surface area (Å²) in [5, 5.41) is 16.5. The van der Waals surface area contributed by atoms with Crippen LogP contribution in [0, 0.1) is 11.3 Å². The number of carbonyl (C=O) groups excluding carboxylic acids is 1. The first-order valence-electron chi connectivity index (χ1n) is 15.3. The molecule has 3 heterocycles. The van der Waals surface area contributed by atoms with Crippen molar-refractivity contribution >= 4 is 40.2 Å². The fourth-order valence-electron chi connectivity index (χ4n) is 5.48. The first kappa shape index (κ1) is 34.4. The van der Waals surface area contributed by atoms with Crippen LogP contribution in [0.3, 0.4) is 0 Å². The highest BCUT2D eigenvalue weighted by Gasteiger charge is 2.33. The van der Waals surface area contributed by atoms with E-state index in [0.29, 0.717) is 64.9 Å². The molecule has 2 N–H and O–H groups in total. The minimum Gasteiger partial charge on any atom is -0.497 e. The van der Waals surface area contributed by atoms with Crippen molar-refractivity contribution in [2.24, 2.45) is 0 Å². The van der Waals surface area contributed by atoms with Crippen LogP contribution >= 0.6 is 11.6 Å². The number of pyridine rings is 1. The molecule has 13 heteroatoms. The van der Waals surface area contributed by atoms with Gasteiger partial charge in [-0.1, -0.05) is 23.7 Å². The van der Waals surface area contributed by atoms with Crippen molar-refractivity contribution in [1.29, 1.82) is 5.26 Å². The molecule has 1 amide bonds. The normalized spacial score (nSPS) is 13.6. The van der Waals surface area contributed by atoms with Crippen LogP contribution < -0.4 is 25.7 Å². The van der Waals surface area contributed by atoms with Crippen molar-refractivity contribution in [3.05, 3.63) is 81.3 Å². The number of benzene rings is 2. The summed E-state index contributed by atoms with van der Waals surface area (Å²) in [6, 6.07) is 14.6. The Bertz CT molecular complexity index is 1980. The van der Waals surface area contributed by atoms with Gasteiger partial charge in [0, 0.05) is 53.6 Å². The third-order valence-electron chi connectivity index (χ3n) is 8.56. The number of anilines is 2. The number of amides is 1. The molecule has 0 unspecified atom stereocenters. The van der Waals surface area contributed by atoms with Gasteiger partial charge in [0.05, 0.1) is 38.5 Å². The van der Waals surface area contributed by atoms with Crippen LogP contribution in [0.1, 0.15) is 19.4 Å². The van der Waals surface area contributed by atoms with Crippen molar-refractivity contribution in [2.45, 2.75) is 38.4 Å². The lowest BCUT2D eigenvalue weighted by atomic mass is 9.96. The number of nitriles is 1. The van der Waals surface area contributed by atoms with E-state index in [0.717, 1.165) is 5.56 Å². The molecule has 2 aromatic carbocycles. The van der Waals surface area contributed by atoms with E-state index in [1.54, 1.807) is 48.2 Å². The first-order chi connectivity index (χ1) is 23.0. The van der Waals surface area contributed by atoms with Gasteiger partial charge in [-0.15, -0.1) is 0 Å². The maximum atomic E-state index is 14.1. The van der Waals surface area contributed by atoms with Gasteiger partial charge in [-0.2, -0.15) is 10.2 Å². The lowest BCUT2D eigenvalue weighted by Gasteiger charge is -2.43. The number of halogens is 1. The zero-order chi connectivity index (χ0) is 34.6. The largest absolute Gasteiger partial charge is 0.497 e. The Balaban J connectivity index is 1.44. The Morgan fingerprint density at radius 3 is 2.62 bits per heavy atom. The molecule has 0 aliphatic carbocycles. The summed E-state index contributed by atoms with van der Waals surface area (Å²) in [4.78, 5) is 38.4. The van der Waals surface area contributed by atoms with E-state index in [9.17, 15) is 14.9 Å². The van der Waals surface area contributed by atoms with Gasteiger partial charge in [-0.25, -0.2) is 4.98 Å². The molecule has 1 fully saturated rings. The zero-order valence-corrected chi connectivity index (χ0v) is 28.5. The predicted molar refractivity (Wildman–Crippen MR) is 186 cm³/mol. The molecule has 0 radical (unpaired) electrons. The SMILES string of the molecule is CNc1ncc2cc(-c3cc(OC)cc(OC)c3Cl)c(=O)n(CCc3cccc(NC(=O)/C(C#N)=C/C(C)(C)N(C)C4COC4)c3)c2n1. The molecule has 0 bridgehead atoms. The molecular weight excluding hydrogens is 634 g/mol. The number of carbonyl (C=O) groups is 1. The average molecular weight is 672 g/mol. The molecule has 48 heavy (non-hydrogen) atoms. The van der Waals surface area contributed by atoms with E-state index in [4.69, 9.17) is 25.8 Å². The van der Waals surface area contributed by atoms with Crippen molar-refractivity contribution in [3.63, 3.8) is 0 Å². The molecule has 0 spiro atoms. The number of hydrogen-bond donors (Lipinski definition) is 2. The number of nitrogens with zero attached hydrogens (tertiary/aromatic N) is 5. The zero-order valence-electron chi connectivity index (χ0n) is 27.8. The lowest BCUT2D eigenvalue weighted by molar-refractivity contribution is -0.112. The van der Waals surface area contributed by atoms with E-state index < -0.39 is 11.4 Å². The average Bonchev–Trinajstić information content (AvgIpc) is 3.05. The number of aromatic nitrogens is 3. The second-order valence-corrected chi connectivity index (χ2v) is 12.3. The molecule has 0 atom stereocenters. The Labute approximate surface area is 283 Å². The minimum atomic E-state index is -0.541. The van der Waals surface area contributed by atoms with Crippen LogP contribution in [-0.2, 0) is 22.5 Å². The van der Waals surface area contributed by atoms with Crippen LogP contribution in [0.25, 0.3) is 22.2 Å². The van der Waals surface area contributed by atoms with Crippen LogP contribution in [0.15, 0.2) is 65.1 Å². The van der Waals surface area contributed by atoms with E-state index in [1.807, 2.05) is 45.2 Å². The van der Waals surface area contributed by atoms with Gasteiger partial charge in [0.25, 0.3) is 11.5 Å². The second-order valence-electron chi connectivity index (χ2n) is 12.0. The third kappa shape index (κ3) is 7.13. The van der Waals surface area contributed by atoms with E-state index in [-0.39, 0.29) is 28.7 Å². The fourth-order valence-corrected chi connectivity index (χ4v) is 5.77. The molecule has 12 nitrogen and oxygen atoms in total. The summed E-state index contributed by atoms with van der Waals surface area (Å²) >= 11 is 6.70. The molecule has 1 saturated heterocycles. The lowest BCUT2D eigenvalue weighted by Crippen LogP contribution is -2.55. The van der Waals surface area contributed by atoms with Crippen LogP contribution in [0.2, 0.25) is 5.02 Å². The molecular formula is C35H38ClN7O5. The summed E-state index contributed by atoms with van der Waals surface area (Å²) in [5.41, 5.74) is 1.78. The maximum Gasteiger partial charge on any atom is 0.266 e. The Morgan fingerprint density at radius 2 is 1.98 bits per heavy atom. The number of nitrogens with one attached hydrogen (secondary N) is 2. The van der Waals surface area contributed by atoms with Crippen LogP contribution in [0.4, 0.5) is 11.6 Å². The molecule has 250 valence electrons. The van der Waals surface area contributed by atoms with Crippen LogP contribution in [-0.4, -0.2) is 78.5 Å². The molecule has 1 aliphatic rings. The quantitative estimate of drug-likeness (QED) is 0.157. The Kier molecular flexibility index (Phi) is 10.3. The van der Waals surface area contributed by atoms with E-state index in [2.05, 4.69) is 25.5 Å². The smallest absolute Gasteiger partial charge is 0.266 e. The highest BCUT2D eigenvalue weighted by Crippen LogP contribution is 2.38. The van der Waals surface area contributed by atoms with Crippen LogP contribution in [0.5, 0.6) is 11.5 Å². The van der Waals surface area contributed by atoms with E-state index in [1.165, 1.54) is 14.2 Å². The van der Waals surface area contributed by atoms with Crippen molar-refractivity contribution in [3.8, 4) is 28.7 Å². The van der Waals surface area contributed by atoms with Gasteiger partial charge in [0.1, 0.15) is 28.8 Å². The van der Waals surface area contributed by atoms with Gasteiger partial charge in [-0.05, 0) is 63.2 Å². The topological polar surface area (TPSA) is 144 Å². The van der Waals surface area contributed by atoms with Crippen molar-refractivity contribution in [2.75, 3.05) is 52.2 Å². The Morgan fingerprint density at radius 1 is 1.21 bits per heavy atom. The van der Waals surface area contributed by atoms with Gasteiger partial charge < -0.3 is 24.8 Å². The number of rotatable bonds is 12. The van der Waals surface area contributed by atoms with Gasteiger partial charge in [0.2, 0.25) is 5.95 Å². The summed E-state index contributed by atoms with van der Waals surface area (Å²) in [7, 11) is 6.68. The monoisotopic (exact) mass is 671 g/mol. The molecule has 0 saturated carbocycles. The van der Waals surface area contributed by atoms with Gasteiger partial charge >= 0.3 is 0 Å². The number of hydrogen-bond acceptors (Lipinski definition) is 10.